The lowest BCUT2D eigenvalue weighted by Gasteiger charge is -2.11. The lowest BCUT2D eigenvalue weighted by molar-refractivity contribution is -0.125. The maximum atomic E-state index is 12.9. The zero-order valence-corrected chi connectivity index (χ0v) is 15.2. The molecule has 2 heterocycles. The van der Waals surface area contributed by atoms with Crippen LogP contribution in [0, 0.1) is 5.82 Å². The van der Waals surface area contributed by atoms with Gasteiger partial charge in [0.25, 0.3) is 0 Å². The van der Waals surface area contributed by atoms with E-state index in [1.54, 1.807) is 10.6 Å². The number of allylic oxidation sites excluding steroid dienone is 1. The molecule has 3 rings (SSSR count). The molecule has 2 aromatic rings. The maximum Gasteiger partial charge on any atom is 0.416 e. The Morgan fingerprint density at radius 2 is 2.15 bits per heavy atom. The van der Waals surface area contributed by atoms with Crippen molar-refractivity contribution in [3.8, 4) is 5.75 Å². The standard InChI is InChI=1S/C17H17FN4O4S/c1-2-7-21-14(10-26-13-5-3-12(18)4-6-13)19-20-16(21)27-11-15(23)22-8-9-25-17(22)24/h2-6H,1,7-11H2. The summed E-state index contributed by atoms with van der Waals surface area (Å²) in [5.74, 6) is 0.377. The van der Waals surface area contributed by atoms with Gasteiger partial charge >= 0.3 is 6.09 Å². The number of hydrogen-bond acceptors (Lipinski definition) is 7. The Kier molecular flexibility index (Phi) is 6.07. The number of nitrogens with zero attached hydrogens (tertiary/aromatic N) is 4. The van der Waals surface area contributed by atoms with Crippen molar-refractivity contribution in [3.05, 3.63) is 48.6 Å². The van der Waals surface area contributed by atoms with Gasteiger partial charge in [0, 0.05) is 6.54 Å². The van der Waals surface area contributed by atoms with E-state index in [1.165, 1.54) is 36.0 Å². The first-order valence-corrected chi connectivity index (χ1v) is 9.08. The van der Waals surface area contributed by atoms with Gasteiger partial charge in [-0.15, -0.1) is 16.8 Å². The average molecular weight is 392 g/mol. The van der Waals surface area contributed by atoms with Crippen molar-refractivity contribution in [3.63, 3.8) is 0 Å². The van der Waals surface area contributed by atoms with E-state index < -0.39 is 6.09 Å². The first kappa shape index (κ1) is 18.9. The van der Waals surface area contributed by atoms with Crippen molar-refractivity contribution >= 4 is 23.8 Å². The second-order valence-corrected chi connectivity index (χ2v) is 6.43. The highest BCUT2D eigenvalue weighted by atomic mass is 32.2. The predicted octanol–water partition coefficient (Wildman–Crippen LogP) is 2.25. The van der Waals surface area contributed by atoms with Gasteiger partial charge in [-0.1, -0.05) is 17.8 Å². The molecule has 0 aliphatic carbocycles. The number of thioether (sulfide) groups is 1. The summed E-state index contributed by atoms with van der Waals surface area (Å²) in [6.07, 6.45) is 1.05. The number of rotatable bonds is 8. The number of cyclic esters (lactones) is 1. The van der Waals surface area contributed by atoms with E-state index in [1.807, 2.05) is 0 Å². The average Bonchev–Trinajstić information content (AvgIpc) is 3.26. The van der Waals surface area contributed by atoms with Crippen molar-refractivity contribution in [2.24, 2.45) is 0 Å². The zero-order chi connectivity index (χ0) is 19.2. The van der Waals surface area contributed by atoms with Crippen molar-refractivity contribution in [2.45, 2.75) is 18.3 Å². The highest BCUT2D eigenvalue weighted by molar-refractivity contribution is 7.99. The number of imide groups is 1. The molecule has 0 radical (unpaired) electrons. The molecule has 142 valence electrons. The van der Waals surface area contributed by atoms with Crippen LogP contribution in [0.5, 0.6) is 5.75 Å². The third kappa shape index (κ3) is 4.64. The van der Waals surface area contributed by atoms with Crippen LogP contribution in [0.4, 0.5) is 9.18 Å². The Balaban J connectivity index is 1.63. The molecule has 1 saturated heterocycles. The molecule has 10 heteroatoms. The highest BCUT2D eigenvalue weighted by Gasteiger charge is 2.28. The molecule has 0 N–H and O–H groups in total. The molecule has 1 aromatic carbocycles. The summed E-state index contributed by atoms with van der Waals surface area (Å²) in [4.78, 5) is 24.6. The van der Waals surface area contributed by atoms with Crippen LogP contribution >= 0.6 is 11.8 Å². The van der Waals surface area contributed by atoms with Crippen molar-refractivity contribution in [1.29, 1.82) is 0 Å². The van der Waals surface area contributed by atoms with Crippen molar-refractivity contribution in [1.82, 2.24) is 19.7 Å². The Morgan fingerprint density at radius 1 is 1.37 bits per heavy atom. The molecule has 0 unspecified atom stereocenters. The molecular formula is C17H17FN4O4S. The summed E-state index contributed by atoms with van der Waals surface area (Å²) in [7, 11) is 0. The fourth-order valence-corrected chi connectivity index (χ4v) is 3.19. The van der Waals surface area contributed by atoms with Gasteiger partial charge in [-0.2, -0.15) is 0 Å². The van der Waals surface area contributed by atoms with Crippen LogP contribution in [0.15, 0.2) is 42.1 Å². The van der Waals surface area contributed by atoms with E-state index in [9.17, 15) is 14.0 Å². The largest absolute Gasteiger partial charge is 0.486 e. The summed E-state index contributed by atoms with van der Waals surface area (Å²) >= 11 is 1.17. The molecule has 1 aliphatic heterocycles. The van der Waals surface area contributed by atoms with Gasteiger partial charge in [0.15, 0.2) is 11.0 Å². The van der Waals surface area contributed by atoms with Gasteiger partial charge in [0.1, 0.15) is 24.8 Å². The van der Waals surface area contributed by atoms with Gasteiger partial charge in [-0.05, 0) is 24.3 Å². The molecule has 1 fully saturated rings. The van der Waals surface area contributed by atoms with Gasteiger partial charge in [-0.3, -0.25) is 9.36 Å². The lowest BCUT2D eigenvalue weighted by atomic mass is 10.3. The summed E-state index contributed by atoms with van der Waals surface area (Å²) in [6.45, 7) is 4.74. The summed E-state index contributed by atoms with van der Waals surface area (Å²) in [6, 6.07) is 5.65. The Bertz CT molecular complexity index is 840. The third-order valence-electron chi connectivity index (χ3n) is 3.67. The second kappa shape index (κ2) is 8.67. The minimum atomic E-state index is -0.624. The molecule has 27 heavy (non-hydrogen) atoms. The first-order valence-electron chi connectivity index (χ1n) is 8.09. The zero-order valence-electron chi connectivity index (χ0n) is 14.3. The molecule has 0 saturated carbocycles. The van der Waals surface area contributed by atoms with E-state index in [0.29, 0.717) is 23.3 Å². The van der Waals surface area contributed by atoms with Crippen LogP contribution in [0.2, 0.25) is 0 Å². The highest BCUT2D eigenvalue weighted by Crippen LogP contribution is 2.20. The van der Waals surface area contributed by atoms with Crippen LogP contribution in [0.3, 0.4) is 0 Å². The van der Waals surface area contributed by atoms with E-state index in [-0.39, 0.29) is 37.2 Å². The van der Waals surface area contributed by atoms with E-state index in [2.05, 4.69) is 16.8 Å². The Labute approximate surface area is 159 Å². The van der Waals surface area contributed by atoms with Crippen molar-refractivity contribution in [2.75, 3.05) is 18.9 Å². The molecular weight excluding hydrogens is 375 g/mol. The molecule has 0 atom stereocenters. The quantitative estimate of drug-likeness (QED) is 0.503. The molecule has 1 aliphatic rings. The lowest BCUT2D eigenvalue weighted by Crippen LogP contribution is -2.33. The number of aromatic nitrogens is 3. The van der Waals surface area contributed by atoms with Gasteiger partial charge in [-0.25, -0.2) is 14.1 Å². The second-order valence-electron chi connectivity index (χ2n) is 5.49. The Morgan fingerprint density at radius 3 is 2.81 bits per heavy atom. The van der Waals surface area contributed by atoms with Crippen LogP contribution in [0.25, 0.3) is 0 Å². The summed E-state index contributed by atoms with van der Waals surface area (Å²) in [5, 5.41) is 8.67. The molecule has 8 nitrogen and oxygen atoms in total. The number of amides is 2. The van der Waals surface area contributed by atoms with Crippen LogP contribution in [-0.2, 0) is 22.7 Å². The van der Waals surface area contributed by atoms with Crippen LogP contribution in [0.1, 0.15) is 5.82 Å². The number of carbonyl (C=O) groups excluding carboxylic acids is 2. The maximum absolute atomic E-state index is 12.9. The van der Waals surface area contributed by atoms with Gasteiger partial charge in [0.2, 0.25) is 5.91 Å². The Hall–Kier alpha value is -2.88. The predicted molar refractivity (Wildman–Crippen MR) is 94.7 cm³/mol. The summed E-state index contributed by atoms with van der Waals surface area (Å²) in [5.41, 5.74) is 0. The normalized spacial score (nSPS) is 13.5. The number of hydrogen-bond donors (Lipinski definition) is 0. The third-order valence-corrected chi connectivity index (χ3v) is 4.62. The van der Waals surface area contributed by atoms with Gasteiger partial charge < -0.3 is 9.47 Å². The number of halogens is 1. The number of ether oxygens (including phenoxy) is 2. The fraction of sp³-hybridized carbons (Fsp3) is 0.294. The van der Waals surface area contributed by atoms with Crippen molar-refractivity contribution < 1.29 is 23.5 Å². The number of carbonyl (C=O) groups is 2. The molecule has 2 amide bonds. The fourth-order valence-electron chi connectivity index (χ4n) is 2.35. The monoisotopic (exact) mass is 392 g/mol. The molecule has 1 aromatic heterocycles. The molecule has 0 bridgehead atoms. The number of benzene rings is 1. The minimum Gasteiger partial charge on any atom is -0.486 e. The minimum absolute atomic E-state index is 0.0309. The van der Waals surface area contributed by atoms with Crippen LogP contribution in [-0.4, -0.2) is 50.6 Å². The van der Waals surface area contributed by atoms with Crippen LogP contribution < -0.4 is 4.74 Å². The topological polar surface area (TPSA) is 86.6 Å². The van der Waals surface area contributed by atoms with E-state index >= 15 is 0 Å². The SMILES string of the molecule is C=CCn1c(COc2ccc(F)cc2)nnc1SCC(=O)N1CCOC1=O. The summed E-state index contributed by atoms with van der Waals surface area (Å²) < 4.78 is 25.1. The first-order chi connectivity index (χ1) is 13.1. The smallest absolute Gasteiger partial charge is 0.416 e. The molecule has 0 spiro atoms. The van der Waals surface area contributed by atoms with E-state index in [0.717, 1.165) is 4.90 Å². The van der Waals surface area contributed by atoms with Gasteiger partial charge in [0.05, 0.1) is 12.3 Å². The van der Waals surface area contributed by atoms with E-state index in [4.69, 9.17) is 9.47 Å².